The third-order valence-corrected chi connectivity index (χ3v) is 6.92. The van der Waals surface area contributed by atoms with E-state index in [-0.39, 0.29) is 49.3 Å². The van der Waals surface area contributed by atoms with Crippen LogP contribution in [0.1, 0.15) is 6.42 Å². The number of ether oxygens (including phenoxy) is 3. The maximum atomic E-state index is 13.8. The van der Waals surface area contributed by atoms with Crippen molar-refractivity contribution < 1.29 is 31.4 Å². The van der Waals surface area contributed by atoms with Gasteiger partial charge in [0, 0.05) is 44.8 Å². The molecule has 0 amide bonds. The molecule has 0 radical (unpaired) electrons. The maximum absolute atomic E-state index is 13.8. The molecule has 0 aliphatic carbocycles. The third kappa shape index (κ3) is 3.89. The largest absolute Gasteiger partial charge is 0.497 e. The molecule has 0 N–H and O–H groups in total. The highest BCUT2D eigenvalue weighted by Gasteiger charge is 2.51. The lowest BCUT2D eigenvalue weighted by molar-refractivity contribution is -0.00295. The zero-order valence-electron chi connectivity index (χ0n) is 15.5. The minimum atomic E-state index is -3.82. The van der Waals surface area contributed by atoms with E-state index in [4.69, 9.17) is 14.2 Å². The average Bonchev–Trinajstić information content (AvgIpc) is 2.87. The third-order valence-electron chi connectivity index (χ3n) is 5.06. The minimum Gasteiger partial charge on any atom is -0.497 e. The number of sulfonamides is 1. The number of nitrogens with zero attached hydrogens (tertiary/aromatic N) is 2. The summed E-state index contributed by atoms with van der Waals surface area (Å²) in [6.45, 7) is 0.128. The normalized spacial score (nSPS) is 24.0. The van der Waals surface area contributed by atoms with E-state index in [1.807, 2.05) is 0 Å². The van der Waals surface area contributed by atoms with Crippen molar-refractivity contribution in [1.29, 1.82) is 0 Å². The van der Waals surface area contributed by atoms with Gasteiger partial charge >= 0.3 is 0 Å². The van der Waals surface area contributed by atoms with Gasteiger partial charge in [0.15, 0.2) is 0 Å². The van der Waals surface area contributed by atoms with Crippen molar-refractivity contribution in [3.63, 3.8) is 0 Å². The van der Waals surface area contributed by atoms with Crippen molar-refractivity contribution in [1.82, 2.24) is 9.21 Å². The SMILES string of the molecule is COC[C@@H]1CC(F)(F)CN1C1CN(S(=O)(=O)c2cc(OC)ccc2OC)C1. The second-order valence-corrected chi connectivity index (χ2v) is 8.74. The number of benzene rings is 1. The van der Waals surface area contributed by atoms with E-state index in [2.05, 4.69) is 0 Å². The van der Waals surface area contributed by atoms with E-state index in [0.717, 1.165) is 0 Å². The van der Waals surface area contributed by atoms with Gasteiger partial charge in [0.1, 0.15) is 16.4 Å². The van der Waals surface area contributed by atoms with Gasteiger partial charge in [-0.05, 0) is 12.1 Å². The number of hydrogen-bond acceptors (Lipinski definition) is 6. The van der Waals surface area contributed by atoms with Gasteiger partial charge in [-0.3, -0.25) is 4.90 Å². The van der Waals surface area contributed by atoms with Crippen LogP contribution in [-0.2, 0) is 14.8 Å². The van der Waals surface area contributed by atoms with E-state index in [1.54, 1.807) is 11.0 Å². The van der Waals surface area contributed by atoms with Crippen LogP contribution in [0.5, 0.6) is 11.5 Å². The van der Waals surface area contributed by atoms with Gasteiger partial charge in [0.05, 0.1) is 27.4 Å². The second kappa shape index (κ2) is 7.50. The first-order valence-corrected chi connectivity index (χ1v) is 10.0. The van der Waals surface area contributed by atoms with Gasteiger partial charge in [-0.25, -0.2) is 17.2 Å². The quantitative estimate of drug-likeness (QED) is 0.683. The van der Waals surface area contributed by atoms with Crippen LogP contribution < -0.4 is 9.47 Å². The highest BCUT2D eigenvalue weighted by atomic mass is 32.2. The molecular weight excluding hydrogens is 382 g/mol. The molecule has 0 spiro atoms. The van der Waals surface area contributed by atoms with Crippen molar-refractivity contribution in [2.24, 2.45) is 0 Å². The molecule has 152 valence electrons. The Morgan fingerprint density at radius 3 is 2.48 bits per heavy atom. The molecular formula is C17H24F2N2O5S. The van der Waals surface area contributed by atoms with Crippen LogP contribution in [0.2, 0.25) is 0 Å². The van der Waals surface area contributed by atoms with Gasteiger partial charge in [0.25, 0.3) is 5.92 Å². The monoisotopic (exact) mass is 406 g/mol. The average molecular weight is 406 g/mol. The lowest BCUT2D eigenvalue weighted by atomic mass is 10.1. The van der Waals surface area contributed by atoms with Crippen molar-refractivity contribution in [3.05, 3.63) is 18.2 Å². The molecule has 1 aromatic carbocycles. The fraction of sp³-hybridized carbons (Fsp3) is 0.647. The lowest BCUT2D eigenvalue weighted by Crippen LogP contribution is -2.62. The molecule has 2 aliphatic rings. The molecule has 2 heterocycles. The van der Waals surface area contributed by atoms with Crippen molar-refractivity contribution in [2.75, 3.05) is 47.6 Å². The summed E-state index contributed by atoms with van der Waals surface area (Å²) in [6, 6.07) is 3.87. The Morgan fingerprint density at radius 1 is 1.19 bits per heavy atom. The van der Waals surface area contributed by atoms with Crippen LogP contribution in [0.4, 0.5) is 8.78 Å². The van der Waals surface area contributed by atoms with Crippen LogP contribution in [-0.4, -0.2) is 83.2 Å². The zero-order valence-corrected chi connectivity index (χ0v) is 16.3. The number of halogens is 2. The summed E-state index contributed by atoms with van der Waals surface area (Å²) in [5.74, 6) is -2.17. The number of rotatable bonds is 7. The fourth-order valence-electron chi connectivity index (χ4n) is 3.64. The predicted octanol–water partition coefficient (Wildman–Crippen LogP) is 1.43. The zero-order chi connectivity index (χ0) is 19.8. The molecule has 1 atom stereocenters. The summed E-state index contributed by atoms with van der Waals surface area (Å²) in [5.41, 5.74) is 0. The minimum absolute atomic E-state index is 0.00277. The Balaban J connectivity index is 1.75. The summed E-state index contributed by atoms with van der Waals surface area (Å²) in [4.78, 5) is 1.67. The summed E-state index contributed by atoms with van der Waals surface area (Å²) < 4.78 is 70.1. The number of hydrogen-bond donors (Lipinski definition) is 0. The molecule has 2 aliphatic heterocycles. The molecule has 2 fully saturated rings. The van der Waals surface area contributed by atoms with E-state index >= 15 is 0 Å². The molecule has 27 heavy (non-hydrogen) atoms. The predicted molar refractivity (Wildman–Crippen MR) is 94.0 cm³/mol. The van der Waals surface area contributed by atoms with Gasteiger partial charge < -0.3 is 14.2 Å². The Morgan fingerprint density at radius 2 is 1.89 bits per heavy atom. The lowest BCUT2D eigenvalue weighted by Gasteiger charge is -2.44. The number of methoxy groups -OCH3 is 3. The van der Waals surface area contributed by atoms with Crippen molar-refractivity contribution in [3.8, 4) is 11.5 Å². The van der Waals surface area contributed by atoms with Crippen molar-refractivity contribution in [2.45, 2.75) is 29.3 Å². The first-order chi connectivity index (χ1) is 12.7. The van der Waals surface area contributed by atoms with E-state index < -0.39 is 22.0 Å². The molecule has 10 heteroatoms. The van der Waals surface area contributed by atoms with E-state index in [1.165, 1.54) is 37.8 Å². The van der Waals surface area contributed by atoms with Crippen LogP contribution in [0, 0.1) is 0 Å². The first-order valence-electron chi connectivity index (χ1n) is 8.56. The molecule has 1 aromatic rings. The molecule has 7 nitrogen and oxygen atoms in total. The molecule has 2 saturated heterocycles. The highest BCUT2D eigenvalue weighted by molar-refractivity contribution is 7.89. The standard InChI is InChI=1S/C17H24F2N2O5S/c1-24-10-12-7-17(18,19)11-21(12)13-8-20(9-13)27(22,23)16-6-14(25-2)4-5-15(16)26-3/h4-6,12-13H,7-11H2,1-3H3/t12-/m0/s1. The molecule has 0 bridgehead atoms. The highest BCUT2D eigenvalue weighted by Crippen LogP contribution is 2.38. The number of likely N-dealkylation sites (tertiary alicyclic amines) is 1. The summed E-state index contributed by atoms with van der Waals surface area (Å²) >= 11 is 0. The van der Waals surface area contributed by atoms with E-state index in [0.29, 0.717) is 5.75 Å². The van der Waals surface area contributed by atoms with Crippen LogP contribution in [0.3, 0.4) is 0 Å². The molecule has 0 aromatic heterocycles. The van der Waals surface area contributed by atoms with Crippen LogP contribution >= 0.6 is 0 Å². The van der Waals surface area contributed by atoms with Gasteiger partial charge in [0.2, 0.25) is 10.0 Å². The Kier molecular flexibility index (Phi) is 5.62. The Labute approximate surface area is 157 Å². The maximum Gasteiger partial charge on any atom is 0.262 e. The van der Waals surface area contributed by atoms with Gasteiger partial charge in [-0.15, -0.1) is 0 Å². The Bertz CT molecular complexity index is 784. The topological polar surface area (TPSA) is 68.3 Å². The van der Waals surface area contributed by atoms with Crippen LogP contribution in [0.25, 0.3) is 0 Å². The van der Waals surface area contributed by atoms with E-state index in [9.17, 15) is 17.2 Å². The summed E-state index contributed by atoms with van der Waals surface area (Å²) in [6.07, 6.45) is -0.270. The molecule has 0 unspecified atom stereocenters. The molecule has 0 saturated carbocycles. The fourth-order valence-corrected chi connectivity index (χ4v) is 5.33. The summed E-state index contributed by atoms with van der Waals surface area (Å²) in [7, 11) is 0.494. The smallest absolute Gasteiger partial charge is 0.262 e. The van der Waals surface area contributed by atoms with Crippen LogP contribution in [0.15, 0.2) is 23.1 Å². The first kappa shape index (κ1) is 20.2. The molecule has 3 rings (SSSR count). The van der Waals surface area contributed by atoms with Crippen molar-refractivity contribution >= 4 is 10.0 Å². The van der Waals surface area contributed by atoms with Gasteiger partial charge in [-0.1, -0.05) is 0 Å². The summed E-state index contributed by atoms with van der Waals surface area (Å²) in [5, 5.41) is 0. The van der Waals surface area contributed by atoms with Gasteiger partial charge in [-0.2, -0.15) is 4.31 Å². The Hall–Kier alpha value is -1.49. The second-order valence-electron chi connectivity index (χ2n) is 6.83. The number of alkyl halides is 2.